The van der Waals surface area contributed by atoms with E-state index >= 15 is 0 Å². The Morgan fingerprint density at radius 3 is 2.40 bits per heavy atom. The van der Waals surface area contributed by atoms with Crippen LogP contribution in [0.5, 0.6) is 11.5 Å². The highest BCUT2D eigenvalue weighted by atomic mass is 16.6. The zero-order valence-electron chi connectivity index (χ0n) is 11.6. The molecule has 2 rings (SSSR count). The zero-order chi connectivity index (χ0) is 14.2. The lowest BCUT2D eigenvalue weighted by molar-refractivity contribution is 0.132. The molecular weight excluding hydrogens is 254 g/mol. The standard InChI is InChI=1S/C16H17NO3/c1-18-15-7-3-5-13(9-15)11-17-20-12-14-6-4-8-16(10-14)19-2/h3-11H,12H2,1-2H3. The molecule has 0 spiro atoms. The molecule has 0 fully saturated rings. The van der Waals surface area contributed by atoms with Crippen molar-refractivity contribution < 1.29 is 14.3 Å². The molecule has 4 nitrogen and oxygen atoms in total. The van der Waals surface area contributed by atoms with Crippen LogP contribution in [0.3, 0.4) is 0 Å². The van der Waals surface area contributed by atoms with Crippen molar-refractivity contribution in [3.8, 4) is 11.5 Å². The molecule has 0 saturated heterocycles. The highest BCUT2D eigenvalue weighted by Crippen LogP contribution is 2.13. The summed E-state index contributed by atoms with van der Waals surface area (Å²) in [5, 5.41) is 3.95. The second-order valence-electron chi connectivity index (χ2n) is 4.14. The van der Waals surface area contributed by atoms with E-state index in [2.05, 4.69) is 5.16 Å². The van der Waals surface area contributed by atoms with E-state index in [1.807, 2.05) is 48.5 Å². The molecule has 104 valence electrons. The van der Waals surface area contributed by atoms with Crippen molar-refractivity contribution >= 4 is 6.21 Å². The minimum Gasteiger partial charge on any atom is -0.497 e. The van der Waals surface area contributed by atoms with E-state index in [1.54, 1.807) is 20.4 Å². The van der Waals surface area contributed by atoms with Crippen LogP contribution in [0.1, 0.15) is 11.1 Å². The normalized spacial score (nSPS) is 10.5. The Kier molecular flexibility index (Phi) is 5.00. The van der Waals surface area contributed by atoms with E-state index < -0.39 is 0 Å². The molecule has 0 saturated carbocycles. The van der Waals surface area contributed by atoms with Crippen molar-refractivity contribution in [3.63, 3.8) is 0 Å². The highest BCUT2D eigenvalue weighted by Gasteiger charge is 1.96. The van der Waals surface area contributed by atoms with Crippen molar-refractivity contribution in [3.05, 3.63) is 59.7 Å². The first-order chi connectivity index (χ1) is 9.81. The van der Waals surface area contributed by atoms with Crippen LogP contribution in [0.25, 0.3) is 0 Å². The molecule has 0 aliphatic rings. The molecule has 0 radical (unpaired) electrons. The van der Waals surface area contributed by atoms with Crippen LogP contribution < -0.4 is 9.47 Å². The van der Waals surface area contributed by atoms with Gasteiger partial charge in [-0.1, -0.05) is 29.4 Å². The maximum atomic E-state index is 5.27. The summed E-state index contributed by atoms with van der Waals surface area (Å²) in [5.74, 6) is 1.60. The van der Waals surface area contributed by atoms with Gasteiger partial charge in [0.2, 0.25) is 0 Å². The topological polar surface area (TPSA) is 40.0 Å². The lowest BCUT2D eigenvalue weighted by Crippen LogP contribution is -1.90. The van der Waals surface area contributed by atoms with Gasteiger partial charge in [-0.15, -0.1) is 0 Å². The van der Waals surface area contributed by atoms with Gasteiger partial charge in [-0.2, -0.15) is 0 Å². The summed E-state index contributed by atoms with van der Waals surface area (Å²) >= 11 is 0. The van der Waals surface area contributed by atoms with Gasteiger partial charge < -0.3 is 14.3 Å². The summed E-state index contributed by atoms with van der Waals surface area (Å²) in [6.45, 7) is 0.400. The lowest BCUT2D eigenvalue weighted by atomic mass is 10.2. The van der Waals surface area contributed by atoms with E-state index in [0.29, 0.717) is 6.61 Å². The van der Waals surface area contributed by atoms with Gasteiger partial charge in [-0.05, 0) is 35.4 Å². The molecular formula is C16H17NO3. The predicted octanol–water partition coefficient (Wildman–Crippen LogP) is 3.25. The second-order valence-corrected chi connectivity index (χ2v) is 4.14. The minimum absolute atomic E-state index is 0.400. The average Bonchev–Trinajstić information content (AvgIpc) is 2.52. The quantitative estimate of drug-likeness (QED) is 0.598. The first-order valence-corrected chi connectivity index (χ1v) is 6.24. The fourth-order valence-corrected chi connectivity index (χ4v) is 1.69. The molecule has 0 aromatic heterocycles. The van der Waals surface area contributed by atoms with E-state index in [1.165, 1.54) is 0 Å². The van der Waals surface area contributed by atoms with Gasteiger partial charge in [0.1, 0.15) is 18.1 Å². The number of methoxy groups -OCH3 is 2. The van der Waals surface area contributed by atoms with Crippen molar-refractivity contribution in [2.45, 2.75) is 6.61 Å². The Morgan fingerprint density at radius 1 is 0.950 bits per heavy atom. The predicted molar refractivity (Wildman–Crippen MR) is 78.4 cm³/mol. The average molecular weight is 271 g/mol. The number of hydrogen-bond donors (Lipinski definition) is 0. The van der Waals surface area contributed by atoms with Crippen LogP contribution in [0.2, 0.25) is 0 Å². The third kappa shape index (κ3) is 4.02. The molecule has 0 atom stereocenters. The van der Waals surface area contributed by atoms with E-state index in [-0.39, 0.29) is 0 Å². The van der Waals surface area contributed by atoms with Crippen LogP contribution in [0.15, 0.2) is 53.7 Å². The van der Waals surface area contributed by atoms with E-state index in [9.17, 15) is 0 Å². The number of oxime groups is 1. The number of hydrogen-bond acceptors (Lipinski definition) is 4. The van der Waals surface area contributed by atoms with E-state index in [4.69, 9.17) is 14.3 Å². The Balaban J connectivity index is 1.89. The fourth-order valence-electron chi connectivity index (χ4n) is 1.69. The molecule has 2 aromatic carbocycles. The van der Waals surface area contributed by atoms with Gasteiger partial charge in [0.05, 0.1) is 20.4 Å². The molecule has 0 unspecified atom stereocenters. The molecule has 0 aliphatic heterocycles. The summed E-state index contributed by atoms with van der Waals surface area (Å²) in [4.78, 5) is 5.27. The summed E-state index contributed by atoms with van der Waals surface area (Å²) in [6, 6.07) is 15.3. The summed E-state index contributed by atoms with van der Waals surface area (Å²) < 4.78 is 10.3. The smallest absolute Gasteiger partial charge is 0.142 e. The Hall–Kier alpha value is -2.49. The van der Waals surface area contributed by atoms with Crippen LogP contribution in [-0.2, 0) is 11.4 Å². The molecule has 0 heterocycles. The van der Waals surface area contributed by atoms with Crippen LogP contribution >= 0.6 is 0 Å². The molecule has 20 heavy (non-hydrogen) atoms. The highest BCUT2D eigenvalue weighted by molar-refractivity contribution is 5.79. The van der Waals surface area contributed by atoms with Crippen LogP contribution in [-0.4, -0.2) is 20.4 Å². The number of benzene rings is 2. The fraction of sp³-hybridized carbons (Fsp3) is 0.188. The molecule has 0 N–H and O–H groups in total. The molecule has 0 bridgehead atoms. The van der Waals surface area contributed by atoms with Crippen LogP contribution in [0, 0.1) is 0 Å². The molecule has 2 aromatic rings. The van der Waals surface area contributed by atoms with Crippen molar-refractivity contribution in [2.24, 2.45) is 5.16 Å². The third-order valence-corrected chi connectivity index (χ3v) is 2.74. The molecule has 0 aliphatic carbocycles. The van der Waals surface area contributed by atoms with Gasteiger partial charge in [0, 0.05) is 0 Å². The minimum atomic E-state index is 0.400. The van der Waals surface area contributed by atoms with Gasteiger partial charge in [-0.3, -0.25) is 0 Å². The van der Waals surface area contributed by atoms with Crippen molar-refractivity contribution in [1.82, 2.24) is 0 Å². The maximum absolute atomic E-state index is 5.27. The SMILES string of the molecule is COc1cccc(C=NOCc2cccc(OC)c2)c1. The molecule has 4 heteroatoms. The lowest BCUT2D eigenvalue weighted by Gasteiger charge is -2.03. The van der Waals surface area contributed by atoms with Gasteiger partial charge in [-0.25, -0.2) is 0 Å². The second kappa shape index (κ2) is 7.19. The van der Waals surface area contributed by atoms with E-state index in [0.717, 1.165) is 22.6 Å². The maximum Gasteiger partial charge on any atom is 0.142 e. The summed E-state index contributed by atoms with van der Waals surface area (Å²) in [6.07, 6.45) is 1.66. The van der Waals surface area contributed by atoms with Gasteiger partial charge in [0.15, 0.2) is 0 Å². The monoisotopic (exact) mass is 271 g/mol. The van der Waals surface area contributed by atoms with Crippen molar-refractivity contribution in [2.75, 3.05) is 14.2 Å². The Morgan fingerprint density at radius 2 is 1.65 bits per heavy atom. The first-order valence-electron chi connectivity index (χ1n) is 6.24. The number of ether oxygens (including phenoxy) is 2. The summed E-state index contributed by atoms with van der Waals surface area (Å²) in [7, 11) is 3.27. The molecule has 0 amide bonds. The Bertz CT molecular complexity index is 581. The largest absolute Gasteiger partial charge is 0.497 e. The van der Waals surface area contributed by atoms with Gasteiger partial charge >= 0.3 is 0 Å². The number of rotatable bonds is 6. The number of nitrogens with zero attached hydrogens (tertiary/aromatic N) is 1. The first kappa shape index (κ1) is 13.9. The third-order valence-electron chi connectivity index (χ3n) is 2.74. The van der Waals surface area contributed by atoms with Gasteiger partial charge in [0.25, 0.3) is 0 Å². The van der Waals surface area contributed by atoms with Crippen molar-refractivity contribution in [1.29, 1.82) is 0 Å². The Labute approximate surface area is 118 Å². The van der Waals surface area contributed by atoms with Crippen LogP contribution in [0.4, 0.5) is 0 Å². The zero-order valence-corrected chi connectivity index (χ0v) is 11.6. The summed E-state index contributed by atoms with van der Waals surface area (Å²) in [5.41, 5.74) is 1.93.